The van der Waals surface area contributed by atoms with E-state index in [4.69, 9.17) is 0 Å². The number of piperazine rings is 1. The average Bonchev–Trinajstić information content (AvgIpc) is 2.48. The molecule has 1 aromatic carbocycles. The van der Waals surface area contributed by atoms with Crippen LogP contribution in [0.1, 0.15) is 33.6 Å². The molecule has 0 amide bonds. The molecule has 112 valence electrons. The lowest BCUT2D eigenvalue weighted by Gasteiger charge is -2.43. The first-order chi connectivity index (χ1) is 9.56. The lowest BCUT2D eigenvalue weighted by molar-refractivity contribution is 0.304. The number of nitrogens with one attached hydrogen (secondary N) is 1. The van der Waals surface area contributed by atoms with E-state index in [0.29, 0.717) is 18.0 Å². The lowest BCUT2D eigenvalue weighted by atomic mass is 9.94. The summed E-state index contributed by atoms with van der Waals surface area (Å²) in [6.45, 7) is 8.44. The average molecular weight is 343 g/mol. The van der Waals surface area contributed by atoms with Crippen LogP contribution in [0.25, 0.3) is 0 Å². The Hall–Kier alpha value is -0.610. The van der Waals surface area contributed by atoms with Gasteiger partial charge in [0.1, 0.15) is 5.82 Å². The number of hydrogen-bond acceptors (Lipinski definition) is 2. The second kappa shape index (κ2) is 6.90. The molecule has 0 aliphatic carbocycles. The number of halogens is 2. The summed E-state index contributed by atoms with van der Waals surface area (Å²) in [7, 11) is 0. The third-order valence-corrected chi connectivity index (χ3v) is 4.96. The molecule has 1 saturated heterocycles. The van der Waals surface area contributed by atoms with Crippen molar-refractivity contribution in [2.45, 2.75) is 45.7 Å². The molecule has 0 radical (unpaired) electrons. The van der Waals surface area contributed by atoms with Crippen LogP contribution in [-0.2, 0) is 0 Å². The SMILES string of the molecule is CCC(C)C1CN(c2cc(Br)ccc2F)C(CC)CN1. The maximum Gasteiger partial charge on any atom is 0.146 e. The normalized spacial score (nSPS) is 24.8. The van der Waals surface area contributed by atoms with Crippen LogP contribution in [0.15, 0.2) is 22.7 Å². The highest BCUT2D eigenvalue weighted by Gasteiger charge is 2.30. The zero-order valence-corrected chi connectivity index (χ0v) is 14.1. The highest BCUT2D eigenvalue weighted by Crippen LogP contribution is 2.29. The van der Waals surface area contributed by atoms with Gasteiger partial charge in [0.05, 0.1) is 5.69 Å². The summed E-state index contributed by atoms with van der Waals surface area (Å²) in [4.78, 5) is 2.24. The molecule has 2 nitrogen and oxygen atoms in total. The minimum absolute atomic E-state index is 0.128. The molecule has 2 rings (SSSR count). The van der Waals surface area contributed by atoms with E-state index in [1.165, 1.54) is 0 Å². The van der Waals surface area contributed by atoms with Gasteiger partial charge in [-0.1, -0.05) is 43.1 Å². The van der Waals surface area contributed by atoms with Gasteiger partial charge in [0.2, 0.25) is 0 Å². The monoisotopic (exact) mass is 342 g/mol. The summed E-state index contributed by atoms with van der Waals surface area (Å²) >= 11 is 3.45. The minimum Gasteiger partial charge on any atom is -0.363 e. The topological polar surface area (TPSA) is 15.3 Å². The van der Waals surface area contributed by atoms with E-state index in [1.54, 1.807) is 12.1 Å². The molecule has 0 aromatic heterocycles. The Morgan fingerprint density at radius 1 is 1.45 bits per heavy atom. The molecule has 0 bridgehead atoms. The Labute approximate surface area is 129 Å². The molecule has 0 saturated carbocycles. The molecule has 1 aliphatic rings. The van der Waals surface area contributed by atoms with Gasteiger partial charge in [-0.15, -0.1) is 0 Å². The number of benzene rings is 1. The van der Waals surface area contributed by atoms with Crippen LogP contribution in [0.3, 0.4) is 0 Å². The van der Waals surface area contributed by atoms with Gasteiger partial charge in [-0.2, -0.15) is 0 Å². The Morgan fingerprint density at radius 3 is 2.85 bits per heavy atom. The molecule has 1 heterocycles. The van der Waals surface area contributed by atoms with Gasteiger partial charge in [0, 0.05) is 29.6 Å². The van der Waals surface area contributed by atoms with E-state index < -0.39 is 0 Å². The fraction of sp³-hybridized carbons (Fsp3) is 0.625. The van der Waals surface area contributed by atoms with Gasteiger partial charge in [-0.3, -0.25) is 0 Å². The van der Waals surface area contributed by atoms with E-state index in [1.807, 2.05) is 6.07 Å². The van der Waals surface area contributed by atoms with Crippen LogP contribution in [0.5, 0.6) is 0 Å². The van der Waals surface area contributed by atoms with E-state index in [2.05, 4.69) is 46.9 Å². The van der Waals surface area contributed by atoms with Crippen LogP contribution in [0.4, 0.5) is 10.1 Å². The van der Waals surface area contributed by atoms with Crippen molar-refractivity contribution in [2.24, 2.45) is 5.92 Å². The van der Waals surface area contributed by atoms with Gasteiger partial charge in [-0.05, 0) is 30.5 Å². The lowest BCUT2D eigenvalue weighted by Crippen LogP contribution is -2.58. The summed E-state index contributed by atoms with van der Waals surface area (Å²) in [5.74, 6) is 0.474. The third-order valence-electron chi connectivity index (χ3n) is 4.47. The number of nitrogens with zero attached hydrogens (tertiary/aromatic N) is 1. The highest BCUT2D eigenvalue weighted by atomic mass is 79.9. The van der Waals surface area contributed by atoms with E-state index in [-0.39, 0.29) is 5.82 Å². The summed E-state index contributed by atoms with van der Waals surface area (Å²) in [5, 5.41) is 3.63. The summed E-state index contributed by atoms with van der Waals surface area (Å²) < 4.78 is 15.1. The Bertz CT molecular complexity index is 452. The number of rotatable bonds is 4. The van der Waals surface area contributed by atoms with E-state index >= 15 is 0 Å². The molecule has 3 unspecified atom stereocenters. The van der Waals surface area contributed by atoms with Crippen LogP contribution in [0, 0.1) is 11.7 Å². The molecule has 20 heavy (non-hydrogen) atoms. The van der Waals surface area contributed by atoms with Crippen LogP contribution >= 0.6 is 15.9 Å². The van der Waals surface area contributed by atoms with Gasteiger partial charge < -0.3 is 10.2 Å². The second-order valence-corrected chi connectivity index (χ2v) is 6.63. The zero-order chi connectivity index (χ0) is 14.7. The van der Waals surface area contributed by atoms with Gasteiger partial charge in [0.15, 0.2) is 0 Å². The second-order valence-electron chi connectivity index (χ2n) is 5.71. The first-order valence-corrected chi connectivity index (χ1v) is 8.31. The van der Waals surface area contributed by atoms with Gasteiger partial charge in [-0.25, -0.2) is 4.39 Å². The van der Waals surface area contributed by atoms with Crippen LogP contribution in [0.2, 0.25) is 0 Å². The summed E-state index contributed by atoms with van der Waals surface area (Å²) in [5.41, 5.74) is 0.723. The Kier molecular flexibility index (Phi) is 5.44. The van der Waals surface area contributed by atoms with Crippen molar-refractivity contribution >= 4 is 21.6 Å². The predicted octanol–water partition coefficient (Wildman–Crippen LogP) is 4.19. The smallest absolute Gasteiger partial charge is 0.146 e. The van der Waals surface area contributed by atoms with Crippen molar-refractivity contribution in [1.29, 1.82) is 0 Å². The zero-order valence-electron chi connectivity index (χ0n) is 12.5. The van der Waals surface area contributed by atoms with Crippen molar-refractivity contribution in [3.8, 4) is 0 Å². The first kappa shape index (κ1) is 15.8. The quantitative estimate of drug-likeness (QED) is 0.882. The van der Waals surface area contributed by atoms with Crippen LogP contribution in [-0.4, -0.2) is 25.2 Å². The van der Waals surface area contributed by atoms with Gasteiger partial charge >= 0.3 is 0 Å². The number of hydrogen-bond donors (Lipinski definition) is 1. The summed E-state index contributed by atoms with van der Waals surface area (Å²) in [6.07, 6.45) is 2.16. The van der Waals surface area contributed by atoms with Crippen molar-refractivity contribution < 1.29 is 4.39 Å². The molecule has 4 heteroatoms. The Balaban J connectivity index is 2.26. The highest BCUT2D eigenvalue weighted by molar-refractivity contribution is 9.10. The maximum atomic E-state index is 14.2. The van der Waals surface area contributed by atoms with Crippen LogP contribution < -0.4 is 10.2 Å². The fourth-order valence-electron chi connectivity index (χ4n) is 2.85. The Morgan fingerprint density at radius 2 is 2.20 bits per heavy atom. The van der Waals surface area contributed by atoms with Crippen molar-refractivity contribution in [3.63, 3.8) is 0 Å². The molecule has 1 aromatic rings. The van der Waals surface area contributed by atoms with E-state index in [0.717, 1.165) is 36.1 Å². The molecular formula is C16H24BrFN2. The fourth-order valence-corrected chi connectivity index (χ4v) is 3.20. The van der Waals surface area contributed by atoms with Gasteiger partial charge in [0.25, 0.3) is 0 Å². The first-order valence-electron chi connectivity index (χ1n) is 7.51. The minimum atomic E-state index is -0.128. The third kappa shape index (κ3) is 3.34. The molecular weight excluding hydrogens is 319 g/mol. The molecule has 1 fully saturated rings. The van der Waals surface area contributed by atoms with Crippen molar-refractivity contribution in [3.05, 3.63) is 28.5 Å². The molecule has 0 spiro atoms. The molecule has 3 atom stereocenters. The van der Waals surface area contributed by atoms with Crippen molar-refractivity contribution in [1.82, 2.24) is 5.32 Å². The maximum absolute atomic E-state index is 14.2. The standard InChI is InChI=1S/C16H24BrFN2/c1-4-11(3)15-10-20(13(5-2)9-19-15)16-8-12(17)6-7-14(16)18/h6-8,11,13,15,19H,4-5,9-10H2,1-3H3. The molecule has 1 aliphatic heterocycles. The van der Waals surface area contributed by atoms with E-state index in [9.17, 15) is 4.39 Å². The number of anilines is 1. The molecule has 1 N–H and O–H groups in total. The van der Waals surface area contributed by atoms with Crippen molar-refractivity contribution in [2.75, 3.05) is 18.0 Å². The summed E-state index contributed by atoms with van der Waals surface area (Å²) in [6, 6.07) is 6.00. The predicted molar refractivity (Wildman–Crippen MR) is 86.8 cm³/mol. The largest absolute Gasteiger partial charge is 0.363 e.